The summed E-state index contributed by atoms with van der Waals surface area (Å²) in [5.74, 6) is 1.95. The highest BCUT2D eigenvalue weighted by molar-refractivity contribution is 8.06. The molecule has 0 saturated carbocycles. The van der Waals surface area contributed by atoms with E-state index in [0.717, 1.165) is 21.3 Å². The SMILES string of the molecule is NS(=O)(=O)c1cccc2c1SCCS2. The molecule has 6 heteroatoms. The van der Waals surface area contributed by atoms with E-state index in [9.17, 15) is 8.42 Å². The van der Waals surface area contributed by atoms with Crippen molar-refractivity contribution < 1.29 is 8.42 Å². The molecule has 1 aromatic rings. The van der Waals surface area contributed by atoms with Gasteiger partial charge in [-0.3, -0.25) is 0 Å². The summed E-state index contributed by atoms with van der Waals surface area (Å²) in [5, 5.41) is 5.13. The van der Waals surface area contributed by atoms with Crippen LogP contribution in [0.5, 0.6) is 0 Å². The van der Waals surface area contributed by atoms with Gasteiger partial charge in [0.1, 0.15) is 0 Å². The summed E-state index contributed by atoms with van der Waals surface area (Å²) in [6.07, 6.45) is 0. The van der Waals surface area contributed by atoms with Crippen molar-refractivity contribution in [2.75, 3.05) is 11.5 Å². The maximum atomic E-state index is 11.3. The van der Waals surface area contributed by atoms with Crippen molar-refractivity contribution in [2.45, 2.75) is 14.7 Å². The van der Waals surface area contributed by atoms with Crippen molar-refractivity contribution >= 4 is 33.5 Å². The van der Waals surface area contributed by atoms with E-state index in [-0.39, 0.29) is 4.90 Å². The maximum Gasteiger partial charge on any atom is 0.239 e. The molecule has 0 spiro atoms. The van der Waals surface area contributed by atoms with Gasteiger partial charge in [-0.25, -0.2) is 13.6 Å². The largest absolute Gasteiger partial charge is 0.239 e. The fraction of sp³-hybridized carbons (Fsp3) is 0.250. The Balaban J connectivity index is 2.62. The highest BCUT2D eigenvalue weighted by Gasteiger charge is 2.19. The molecular formula is C8H9NO2S3. The number of nitrogens with two attached hydrogens (primary N) is 1. The van der Waals surface area contributed by atoms with Crippen molar-refractivity contribution in [3.63, 3.8) is 0 Å². The summed E-state index contributed by atoms with van der Waals surface area (Å²) in [5.41, 5.74) is 0. The first-order valence-electron chi connectivity index (χ1n) is 4.00. The topological polar surface area (TPSA) is 60.2 Å². The van der Waals surface area contributed by atoms with Crippen LogP contribution in [-0.4, -0.2) is 19.9 Å². The van der Waals surface area contributed by atoms with Gasteiger partial charge in [0.2, 0.25) is 10.0 Å². The van der Waals surface area contributed by atoms with Gasteiger partial charge in [0.15, 0.2) is 0 Å². The Morgan fingerprint density at radius 3 is 2.64 bits per heavy atom. The van der Waals surface area contributed by atoms with Crippen LogP contribution in [0, 0.1) is 0 Å². The van der Waals surface area contributed by atoms with E-state index in [2.05, 4.69) is 0 Å². The number of sulfonamides is 1. The fourth-order valence-electron chi connectivity index (χ4n) is 1.27. The minimum absolute atomic E-state index is 0.257. The molecule has 1 aliphatic heterocycles. The van der Waals surface area contributed by atoms with Crippen LogP contribution in [0.3, 0.4) is 0 Å². The minimum atomic E-state index is -3.58. The average molecular weight is 247 g/mol. The molecule has 3 nitrogen and oxygen atoms in total. The summed E-state index contributed by atoms with van der Waals surface area (Å²) < 4.78 is 22.5. The van der Waals surface area contributed by atoms with E-state index < -0.39 is 10.0 Å². The monoisotopic (exact) mass is 247 g/mol. The minimum Gasteiger partial charge on any atom is -0.225 e. The molecule has 1 aliphatic rings. The molecule has 2 rings (SSSR count). The van der Waals surface area contributed by atoms with E-state index in [4.69, 9.17) is 5.14 Å². The first-order valence-corrected chi connectivity index (χ1v) is 7.52. The van der Waals surface area contributed by atoms with Gasteiger partial charge in [-0.05, 0) is 12.1 Å². The van der Waals surface area contributed by atoms with Gasteiger partial charge >= 0.3 is 0 Å². The van der Waals surface area contributed by atoms with Gasteiger partial charge in [-0.1, -0.05) is 6.07 Å². The average Bonchev–Trinajstić information content (AvgIpc) is 2.15. The zero-order valence-corrected chi connectivity index (χ0v) is 9.71. The highest BCUT2D eigenvalue weighted by Crippen LogP contribution is 2.39. The number of fused-ring (bicyclic) bond motifs is 1. The molecule has 2 N–H and O–H groups in total. The predicted molar refractivity (Wildman–Crippen MR) is 59.3 cm³/mol. The van der Waals surface area contributed by atoms with Crippen LogP contribution >= 0.6 is 23.5 Å². The van der Waals surface area contributed by atoms with Gasteiger partial charge in [-0.15, -0.1) is 23.5 Å². The van der Waals surface area contributed by atoms with Crippen LogP contribution in [0.2, 0.25) is 0 Å². The second-order valence-corrected chi connectivity index (χ2v) is 6.60. The molecule has 0 fully saturated rings. The van der Waals surface area contributed by atoms with E-state index in [1.54, 1.807) is 35.7 Å². The molecule has 0 unspecified atom stereocenters. The Kier molecular flexibility index (Phi) is 2.79. The second-order valence-electron chi connectivity index (χ2n) is 2.83. The molecule has 1 aromatic carbocycles. The van der Waals surface area contributed by atoms with Gasteiger partial charge in [0.05, 0.1) is 4.90 Å². The first-order chi connectivity index (χ1) is 6.59. The predicted octanol–water partition coefficient (Wildman–Crippen LogP) is 1.53. The highest BCUT2D eigenvalue weighted by atomic mass is 32.2. The van der Waals surface area contributed by atoms with Crippen LogP contribution in [0.4, 0.5) is 0 Å². The molecule has 0 amide bonds. The molecule has 0 aliphatic carbocycles. The quantitative estimate of drug-likeness (QED) is 0.817. The normalized spacial score (nSPS) is 16.4. The summed E-state index contributed by atoms with van der Waals surface area (Å²) in [6, 6.07) is 5.23. The lowest BCUT2D eigenvalue weighted by Crippen LogP contribution is -2.14. The number of rotatable bonds is 1. The summed E-state index contributed by atoms with van der Waals surface area (Å²) in [7, 11) is -3.58. The fourth-order valence-corrected chi connectivity index (χ4v) is 4.78. The molecule has 0 radical (unpaired) electrons. The number of hydrogen-bond donors (Lipinski definition) is 1. The molecule has 1 heterocycles. The van der Waals surface area contributed by atoms with E-state index >= 15 is 0 Å². The summed E-state index contributed by atoms with van der Waals surface area (Å²) >= 11 is 3.24. The molecule has 0 bridgehead atoms. The van der Waals surface area contributed by atoms with Gasteiger partial charge in [0, 0.05) is 21.3 Å². The van der Waals surface area contributed by atoms with Crippen molar-refractivity contribution in [3.05, 3.63) is 18.2 Å². The van der Waals surface area contributed by atoms with Gasteiger partial charge in [-0.2, -0.15) is 0 Å². The van der Waals surface area contributed by atoms with Crippen molar-refractivity contribution in [2.24, 2.45) is 5.14 Å². The third kappa shape index (κ3) is 1.93. The molecule has 76 valence electrons. The van der Waals surface area contributed by atoms with Gasteiger partial charge < -0.3 is 0 Å². The van der Waals surface area contributed by atoms with Crippen LogP contribution in [0.1, 0.15) is 0 Å². The van der Waals surface area contributed by atoms with Crippen LogP contribution < -0.4 is 5.14 Å². The van der Waals surface area contributed by atoms with E-state index in [1.165, 1.54) is 0 Å². The Morgan fingerprint density at radius 1 is 1.21 bits per heavy atom. The van der Waals surface area contributed by atoms with E-state index in [1.807, 2.05) is 6.07 Å². The number of hydrogen-bond acceptors (Lipinski definition) is 4. The maximum absolute atomic E-state index is 11.3. The van der Waals surface area contributed by atoms with Gasteiger partial charge in [0.25, 0.3) is 0 Å². The first kappa shape index (κ1) is 10.4. The number of benzene rings is 1. The van der Waals surface area contributed by atoms with Crippen molar-refractivity contribution in [3.8, 4) is 0 Å². The zero-order chi connectivity index (χ0) is 10.2. The summed E-state index contributed by atoms with van der Waals surface area (Å²) in [6.45, 7) is 0. The number of primary sulfonamides is 1. The van der Waals surface area contributed by atoms with Crippen molar-refractivity contribution in [1.29, 1.82) is 0 Å². The molecule has 14 heavy (non-hydrogen) atoms. The van der Waals surface area contributed by atoms with Crippen LogP contribution in [0.15, 0.2) is 32.9 Å². The Morgan fingerprint density at radius 2 is 1.93 bits per heavy atom. The Labute approximate surface area is 91.5 Å². The van der Waals surface area contributed by atoms with E-state index in [0.29, 0.717) is 0 Å². The second kappa shape index (κ2) is 3.77. The lowest BCUT2D eigenvalue weighted by atomic mass is 10.4. The van der Waals surface area contributed by atoms with Crippen molar-refractivity contribution in [1.82, 2.24) is 0 Å². The third-order valence-electron chi connectivity index (χ3n) is 1.84. The molecule has 0 aromatic heterocycles. The zero-order valence-electron chi connectivity index (χ0n) is 7.26. The Hall–Kier alpha value is -0.170. The lowest BCUT2D eigenvalue weighted by molar-refractivity contribution is 0.595. The standard InChI is InChI=1S/C8H9NO2S3/c9-14(10,11)7-3-1-2-6-8(7)13-5-4-12-6/h1-3H,4-5H2,(H2,9,10,11). The summed E-state index contributed by atoms with van der Waals surface area (Å²) in [4.78, 5) is 2.09. The molecule has 0 atom stereocenters. The third-order valence-corrected chi connectivity index (χ3v) is 5.50. The van der Waals surface area contributed by atoms with Crippen LogP contribution in [0.25, 0.3) is 0 Å². The number of thioether (sulfide) groups is 2. The smallest absolute Gasteiger partial charge is 0.225 e. The Bertz CT molecular complexity index is 456. The molecule has 0 saturated heterocycles. The van der Waals surface area contributed by atoms with Crippen LogP contribution in [-0.2, 0) is 10.0 Å². The molecular weight excluding hydrogens is 238 g/mol. The lowest BCUT2D eigenvalue weighted by Gasteiger charge is -2.16.